The van der Waals surface area contributed by atoms with Crippen molar-refractivity contribution >= 4 is 51.8 Å². The number of amides is 1. The Morgan fingerprint density at radius 3 is 2.84 bits per heavy atom. The van der Waals surface area contributed by atoms with Gasteiger partial charge in [-0.15, -0.1) is 0 Å². The van der Waals surface area contributed by atoms with Crippen LogP contribution in [0.2, 0.25) is 5.02 Å². The van der Waals surface area contributed by atoms with Gasteiger partial charge in [0.25, 0.3) is 5.91 Å². The highest BCUT2D eigenvalue weighted by atomic mass is 35.5. The summed E-state index contributed by atoms with van der Waals surface area (Å²) < 4.78 is 11.1. The average molecular weight is 453 g/mol. The quantitative estimate of drug-likeness (QED) is 0.408. The van der Waals surface area contributed by atoms with Gasteiger partial charge in [0.2, 0.25) is 5.89 Å². The SMILES string of the molecule is CCOc1ccc(C(=O)NC(=S)Nc2cccc(-c3nc4ncccc4o3)c2)cc1Cl. The van der Waals surface area contributed by atoms with Crippen molar-refractivity contribution in [2.24, 2.45) is 0 Å². The van der Waals surface area contributed by atoms with Crippen LogP contribution < -0.4 is 15.4 Å². The van der Waals surface area contributed by atoms with Crippen molar-refractivity contribution in [2.45, 2.75) is 6.92 Å². The van der Waals surface area contributed by atoms with E-state index in [1.54, 1.807) is 30.5 Å². The number of nitrogens with zero attached hydrogens (tertiary/aromatic N) is 2. The van der Waals surface area contributed by atoms with Gasteiger partial charge in [0.15, 0.2) is 16.3 Å². The van der Waals surface area contributed by atoms with Gasteiger partial charge in [0.1, 0.15) is 5.75 Å². The van der Waals surface area contributed by atoms with Crippen LogP contribution >= 0.6 is 23.8 Å². The molecular formula is C22H17ClN4O3S. The molecule has 7 nitrogen and oxygen atoms in total. The average Bonchev–Trinajstić information content (AvgIpc) is 3.20. The van der Waals surface area contributed by atoms with E-state index in [0.717, 1.165) is 5.56 Å². The molecule has 9 heteroatoms. The first-order chi connectivity index (χ1) is 15.0. The molecule has 31 heavy (non-hydrogen) atoms. The Kier molecular flexibility index (Phi) is 6.11. The maximum Gasteiger partial charge on any atom is 0.257 e. The first-order valence-electron chi connectivity index (χ1n) is 9.40. The van der Waals surface area contributed by atoms with E-state index in [1.165, 1.54) is 6.07 Å². The van der Waals surface area contributed by atoms with Gasteiger partial charge in [-0.25, -0.2) is 4.98 Å². The van der Waals surface area contributed by atoms with Crippen molar-refractivity contribution in [3.63, 3.8) is 0 Å². The molecule has 0 fully saturated rings. The highest BCUT2D eigenvalue weighted by molar-refractivity contribution is 7.80. The molecule has 0 aliphatic heterocycles. The van der Waals surface area contributed by atoms with E-state index in [1.807, 2.05) is 31.2 Å². The lowest BCUT2D eigenvalue weighted by Gasteiger charge is -2.11. The molecule has 2 heterocycles. The van der Waals surface area contributed by atoms with E-state index < -0.39 is 0 Å². The molecule has 2 aromatic carbocycles. The fourth-order valence-corrected chi connectivity index (χ4v) is 3.32. The molecule has 0 aliphatic rings. The van der Waals surface area contributed by atoms with Crippen LogP contribution in [0.25, 0.3) is 22.7 Å². The number of nitrogens with one attached hydrogen (secondary N) is 2. The summed E-state index contributed by atoms with van der Waals surface area (Å²) in [7, 11) is 0. The smallest absolute Gasteiger partial charge is 0.257 e. The number of hydrogen-bond donors (Lipinski definition) is 2. The van der Waals surface area contributed by atoms with E-state index in [9.17, 15) is 4.79 Å². The Morgan fingerprint density at radius 2 is 2.06 bits per heavy atom. The molecule has 156 valence electrons. The summed E-state index contributed by atoms with van der Waals surface area (Å²) in [6.07, 6.45) is 1.66. The zero-order chi connectivity index (χ0) is 21.8. The second kappa shape index (κ2) is 9.11. The zero-order valence-corrected chi connectivity index (χ0v) is 18.0. The monoisotopic (exact) mass is 452 g/mol. The zero-order valence-electron chi connectivity index (χ0n) is 16.4. The maximum atomic E-state index is 12.5. The summed E-state index contributed by atoms with van der Waals surface area (Å²) >= 11 is 11.4. The van der Waals surface area contributed by atoms with Crippen LogP contribution in [0.5, 0.6) is 5.75 Å². The predicted molar refractivity (Wildman–Crippen MR) is 124 cm³/mol. The van der Waals surface area contributed by atoms with Gasteiger partial charge in [-0.1, -0.05) is 17.7 Å². The topological polar surface area (TPSA) is 89.3 Å². The van der Waals surface area contributed by atoms with Crippen molar-refractivity contribution in [1.82, 2.24) is 15.3 Å². The molecule has 0 radical (unpaired) electrons. The normalized spacial score (nSPS) is 10.6. The minimum atomic E-state index is -0.386. The molecule has 0 saturated heterocycles. The third-order valence-corrected chi connectivity index (χ3v) is 4.75. The second-order valence-corrected chi connectivity index (χ2v) is 7.23. The molecule has 2 aromatic heterocycles. The lowest BCUT2D eigenvalue weighted by Crippen LogP contribution is -2.34. The molecule has 0 bridgehead atoms. The predicted octanol–water partition coefficient (Wildman–Crippen LogP) is 5.07. The van der Waals surface area contributed by atoms with E-state index in [-0.39, 0.29) is 11.0 Å². The maximum absolute atomic E-state index is 12.5. The molecule has 0 unspecified atom stereocenters. The summed E-state index contributed by atoms with van der Waals surface area (Å²) in [5.41, 5.74) is 2.92. The fraction of sp³-hybridized carbons (Fsp3) is 0.0909. The number of aromatic nitrogens is 2. The molecule has 4 rings (SSSR count). The molecule has 4 aromatic rings. The minimum absolute atomic E-state index is 0.145. The number of carbonyl (C=O) groups excluding carboxylic acids is 1. The first-order valence-corrected chi connectivity index (χ1v) is 10.2. The number of thiocarbonyl (C=S) groups is 1. The number of pyridine rings is 1. The molecule has 1 amide bonds. The number of anilines is 1. The number of oxazole rings is 1. The number of rotatable bonds is 5. The van der Waals surface area contributed by atoms with Gasteiger partial charge in [0, 0.05) is 23.0 Å². The number of carbonyl (C=O) groups is 1. The largest absolute Gasteiger partial charge is 0.492 e. The van der Waals surface area contributed by atoms with Crippen LogP contribution in [-0.4, -0.2) is 27.6 Å². The van der Waals surface area contributed by atoms with Crippen LogP contribution in [0, 0.1) is 0 Å². The van der Waals surface area contributed by atoms with E-state index in [4.69, 9.17) is 33.0 Å². The van der Waals surface area contributed by atoms with Gasteiger partial charge >= 0.3 is 0 Å². The number of fused-ring (bicyclic) bond motifs is 1. The lowest BCUT2D eigenvalue weighted by atomic mass is 10.2. The van der Waals surface area contributed by atoms with Crippen molar-refractivity contribution in [3.8, 4) is 17.2 Å². The number of halogens is 1. The van der Waals surface area contributed by atoms with Crippen molar-refractivity contribution in [3.05, 3.63) is 71.4 Å². The van der Waals surface area contributed by atoms with Crippen LogP contribution in [0.1, 0.15) is 17.3 Å². The van der Waals surface area contributed by atoms with Crippen LogP contribution in [0.4, 0.5) is 5.69 Å². The highest BCUT2D eigenvalue weighted by Gasteiger charge is 2.13. The Morgan fingerprint density at radius 1 is 1.19 bits per heavy atom. The number of hydrogen-bond acceptors (Lipinski definition) is 6. The molecule has 0 spiro atoms. The molecule has 0 aliphatic carbocycles. The number of ether oxygens (including phenoxy) is 1. The van der Waals surface area contributed by atoms with Crippen molar-refractivity contribution in [1.29, 1.82) is 0 Å². The standard InChI is InChI=1S/C22H17ClN4O3S/c1-2-29-17-9-8-13(12-16(17)23)20(28)27-22(31)25-15-6-3-5-14(11-15)21-26-19-18(30-21)7-4-10-24-19/h3-12H,2H2,1H3,(H2,25,27,28,31). The Balaban J connectivity index is 1.44. The third-order valence-electron chi connectivity index (χ3n) is 4.25. The molecular weight excluding hydrogens is 436 g/mol. The molecule has 0 saturated carbocycles. The summed E-state index contributed by atoms with van der Waals surface area (Å²) in [5.74, 6) is 0.576. The highest BCUT2D eigenvalue weighted by Crippen LogP contribution is 2.26. The summed E-state index contributed by atoms with van der Waals surface area (Å²) in [6, 6.07) is 15.7. The lowest BCUT2D eigenvalue weighted by molar-refractivity contribution is 0.0977. The Bertz CT molecular complexity index is 1240. The van der Waals surface area contributed by atoms with Crippen LogP contribution in [0.15, 0.2) is 65.2 Å². The fourth-order valence-electron chi connectivity index (χ4n) is 2.87. The Labute approximate surface area is 188 Å². The Hall–Kier alpha value is -3.49. The van der Waals surface area contributed by atoms with Gasteiger partial charge in [-0.3, -0.25) is 10.1 Å². The summed E-state index contributed by atoms with van der Waals surface area (Å²) in [6.45, 7) is 2.34. The van der Waals surface area contributed by atoms with E-state index >= 15 is 0 Å². The summed E-state index contributed by atoms with van der Waals surface area (Å²) in [4.78, 5) is 21.0. The molecule has 0 atom stereocenters. The minimum Gasteiger partial charge on any atom is -0.492 e. The van der Waals surface area contributed by atoms with E-state index in [2.05, 4.69) is 20.6 Å². The van der Waals surface area contributed by atoms with Gasteiger partial charge in [0.05, 0.1) is 11.6 Å². The van der Waals surface area contributed by atoms with Crippen molar-refractivity contribution < 1.29 is 13.9 Å². The van der Waals surface area contributed by atoms with E-state index in [0.29, 0.717) is 45.8 Å². The van der Waals surface area contributed by atoms with Gasteiger partial charge < -0.3 is 14.5 Å². The molecule has 2 N–H and O–H groups in total. The van der Waals surface area contributed by atoms with Gasteiger partial charge in [-0.2, -0.15) is 4.98 Å². The van der Waals surface area contributed by atoms with Crippen LogP contribution in [-0.2, 0) is 0 Å². The first kappa shape index (κ1) is 20.8. The van der Waals surface area contributed by atoms with Crippen LogP contribution in [0.3, 0.4) is 0 Å². The number of benzene rings is 2. The summed E-state index contributed by atoms with van der Waals surface area (Å²) in [5, 5.41) is 6.13. The third kappa shape index (κ3) is 4.82. The van der Waals surface area contributed by atoms with Crippen molar-refractivity contribution in [2.75, 3.05) is 11.9 Å². The second-order valence-electron chi connectivity index (χ2n) is 6.41. The van der Waals surface area contributed by atoms with Gasteiger partial charge in [-0.05, 0) is 67.7 Å².